The molecule has 1 saturated heterocycles. The molecule has 1 aliphatic rings. The van der Waals surface area contributed by atoms with Crippen LogP contribution >= 0.6 is 11.3 Å². The minimum atomic E-state index is 0.864. The molecule has 0 radical (unpaired) electrons. The second kappa shape index (κ2) is 4.75. The summed E-state index contributed by atoms with van der Waals surface area (Å²) in [5.41, 5.74) is 2.63. The molecule has 1 aliphatic heterocycles. The Labute approximate surface area is 106 Å². The van der Waals surface area contributed by atoms with Gasteiger partial charge >= 0.3 is 0 Å². The number of nitrogens with one attached hydrogen (secondary N) is 1. The molecule has 0 bridgehead atoms. The average Bonchev–Trinajstić information content (AvgIpc) is 2.70. The van der Waals surface area contributed by atoms with Gasteiger partial charge in [-0.1, -0.05) is 6.07 Å². The van der Waals surface area contributed by atoms with Crippen LogP contribution in [0.25, 0.3) is 10.2 Å². The van der Waals surface area contributed by atoms with Crippen LogP contribution in [0.4, 0.5) is 0 Å². The van der Waals surface area contributed by atoms with Crippen molar-refractivity contribution in [3.05, 3.63) is 28.8 Å². The lowest BCUT2D eigenvalue weighted by Gasteiger charge is -2.22. The molecule has 3 heteroatoms. The number of aryl methyl sites for hydroxylation is 1. The lowest BCUT2D eigenvalue weighted by Crippen LogP contribution is -2.28. The molecule has 1 aromatic carbocycles. The molecule has 0 saturated carbocycles. The summed E-state index contributed by atoms with van der Waals surface area (Å²) in [4.78, 5) is 4.51. The minimum absolute atomic E-state index is 0.864. The van der Waals surface area contributed by atoms with Crippen LogP contribution < -0.4 is 5.32 Å². The Kier molecular flexibility index (Phi) is 3.12. The first-order chi connectivity index (χ1) is 8.31. The summed E-state index contributed by atoms with van der Waals surface area (Å²) < 4.78 is 1.34. The number of benzene rings is 1. The molecular formula is C14H18N2S. The Morgan fingerprint density at radius 3 is 3.00 bits per heavy atom. The molecule has 17 heavy (non-hydrogen) atoms. The van der Waals surface area contributed by atoms with E-state index in [0.29, 0.717) is 0 Å². The summed E-state index contributed by atoms with van der Waals surface area (Å²) >= 11 is 1.80. The Morgan fingerprint density at radius 1 is 1.35 bits per heavy atom. The van der Waals surface area contributed by atoms with E-state index in [1.54, 1.807) is 11.3 Å². The van der Waals surface area contributed by atoms with E-state index >= 15 is 0 Å². The third-order valence-electron chi connectivity index (χ3n) is 3.54. The highest BCUT2D eigenvalue weighted by Gasteiger charge is 2.13. The summed E-state index contributed by atoms with van der Waals surface area (Å²) in [5.74, 6) is 0.864. The number of aromatic nitrogens is 1. The number of hydrogen-bond donors (Lipinski definition) is 1. The molecule has 0 amide bonds. The molecule has 2 heterocycles. The summed E-state index contributed by atoms with van der Waals surface area (Å²) in [6, 6.07) is 6.76. The van der Waals surface area contributed by atoms with Crippen LogP contribution in [0.3, 0.4) is 0 Å². The molecule has 0 atom stereocenters. The fourth-order valence-corrected chi connectivity index (χ4v) is 3.52. The summed E-state index contributed by atoms with van der Waals surface area (Å²) in [7, 11) is 0. The Hall–Kier alpha value is -0.930. The predicted octanol–water partition coefficient (Wildman–Crippen LogP) is 3.15. The smallest absolute Gasteiger partial charge is 0.0907 e. The number of thiazole rings is 1. The molecular weight excluding hydrogens is 228 g/mol. The predicted molar refractivity (Wildman–Crippen MR) is 73.7 cm³/mol. The molecule has 1 aromatic heterocycles. The topological polar surface area (TPSA) is 24.9 Å². The molecule has 1 fully saturated rings. The molecule has 0 spiro atoms. The first-order valence-corrected chi connectivity index (χ1v) is 7.20. The van der Waals surface area contributed by atoms with E-state index in [4.69, 9.17) is 0 Å². The van der Waals surface area contributed by atoms with Crippen LogP contribution in [0.15, 0.2) is 18.2 Å². The SMILES string of the molecule is Cc1nc2ccc(CC3CCNCC3)cc2s1. The first-order valence-electron chi connectivity index (χ1n) is 6.38. The standard InChI is InChI=1S/C14H18N2S/c1-10-16-13-3-2-12(9-14(13)17-10)8-11-4-6-15-7-5-11/h2-3,9,11,15H,4-8H2,1H3. The van der Waals surface area contributed by atoms with Gasteiger partial charge in [-0.15, -0.1) is 11.3 Å². The molecule has 2 aromatic rings. The van der Waals surface area contributed by atoms with Crippen LogP contribution in [0.5, 0.6) is 0 Å². The van der Waals surface area contributed by atoms with Crippen molar-refractivity contribution in [1.82, 2.24) is 10.3 Å². The molecule has 0 unspecified atom stereocenters. The van der Waals surface area contributed by atoms with Gasteiger partial charge in [0.15, 0.2) is 0 Å². The first kappa shape index (κ1) is 11.2. The van der Waals surface area contributed by atoms with E-state index in [-0.39, 0.29) is 0 Å². The second-order valence-electron chi connectivity index (χ2n) is 4.93. The van der Waals surface area contributed by atoms with Crippen molar-refractivity contribution in [2.45, 2.75) is 26.2 Å². The van der Waals surface area contributed by atoms with Gasteiger partial charge in [-0.2, -0.15) is 0 Å². The zero-order valence-electron chi connectivity index (χ0n) is 10.2. The van der Waals surface area contributed by atoms with Crippen LogP contribution in [0.2, 0.25) is 0 Å². The summed E-state index contributed by atoms with van der Waals surface area (Å²) in [6.45, 7) is 4.45. The Balaban J connectivity index is 1.79. The fourth-order valence-electron chi connectivity index (χ4n) is 2.63. The molecule has 0 aliphatic carbocycles. The maximum atomic E-state index is 4.51. The Bertz CT molecular complexity index is 512. The molecule has 2 nitrogen and oxygen atoms in total. The zero-order chi connectivity index (χ0) is 11.7. The van der Waals surface area contributed by atoms with E-state index in [0.717, 1.165) is 11.4 Å². The van der Waals surface area contributed by atoms with Crippen molar-refractivity contribution in [3.8, 4) is 0 Å². The Morgan fingerprint density at radius 2 is 2.18 bits per heavy atom. The van der Waals surface area contributed by atoms with Gasteiger partial charge in [-0.25, -0.2) is 4.98 Å². The molecule has 3 rings (SSSR count). The van der Waals surface area contributed by atoms with E-state index in [9.17, 15) is 0 Å². The maximum absolute atomic E-state index is 4.51. The second-order valence-corrected chi connectivity index (χ2v) is 6.17. The van der Waals surface area contributed by atoms with Gasteiger partial charge in [0, 0.05) is 0 Å². The third-order valence-corrected chi connectivity index (χ3v) is 4.48. The number of nitrogens with zero attached hydrogens (tertiary/aromatic N) is 1. The highest BCUT2D eigenvalue weighted by Crippen LogP contribution is 2.25. The third kappa shape index (κ3) is 2.50. The monoisotopic (exact) mass is 246 g/mol. The fraction of sp³-hybridized carbons (Fsp3) is 0.500. The van der Waals surface area contributed by atoms with E-state index in [1.165, 1.54) is 47.6 Å². The summed E-state index contributed by atoms with van der Waals surface area (Å²) in [5, 5.41) is 4.59. The molecule has 90 valence electrons. The van der Waals surface area contributed by atoms with Crippen molar-refractivity contribution < 1.29 is 0 Å². The number of piperidine rings is 1. The lowest BCUT2D eigenvalue weighted by atomic mass is 9.91. The normalized spacial score (nSPS) is 17.7. The minimum Gasteiger partial charge on any atom is -0.317 e. The van der Waals surface area contributed by atoms with Crippen molar-refractivity contribution in [3.63, 3.8) is 0 Å². The molecule has 1 N–H and O–H groups in total. The maximum Gasteiger partial charge on any atom is 0.0907 e. The van der Waals surface area contributed by atoms with Gasteiger partial charge in [0.25, 0.3) is 0 Å². The van der Waals surface area contributed by atoms with Crippen molar-refractivity contribution >= 4 is 21.6 Å². The lowest BCUT2D eigenvalue weighted by molar-refractivity contribution is 0.373. The van der Waals surface area contributed by atoms with Crippen LogP contribution in [-0.2, 0) is 6.42 Å². The zero-order valence-corrected chi connectivity index (χ0v) is 11.0. The quantitative estimate of drug-likeness (QED) is 0.880. The summed E-state index contributed by atoms with van der Waals surface area (Å²) in [6.07, 6.45) is 3.87. The van der Waals surface area contributed by atoms with Crippen molar-refractivity contribution in [1.29, 1.82) is 0 Å². The number of hydrogen-bond acceptors (Lipinski definition) is 3. The van der Waals surface area contributed by atoms with Gasteiger partial charge < -0.3 is 5.32 Å². The largest absolute Gasteiger partial charge is 0.317 e. The van der Waals surface area contributed by atoms with Gasteiger partial charge in [0.2, 0.25) is 0 Å². The number of rotatable bonds is 2. The van der Waals surface area contributed by atoms with Crippen LogP contribution in [-0.4, -0.2) is 18.1 Å². The van der Waals surface area contributed by atoms with E-state index < -0.39 is 0 Å². The van der Waals surface area contributed by atoms with Gasteiger partial charge in [-0.05, 0) is 62.9 Å². The van der Waals surface area contributed by atoms with Crippen LogP contribution in [0, 0.1) is 12.8 Å². The highest BCUT2D eigenvalue weighted by molar-refractivity contribution is 7.18. The van der Waals surface area contributed by atoms with Gasteiger partial charge in [0.05, 0.1) is 15.2 Å². The number of fused-ring (bicyclic) bond motifs is 1. The van der Waals surface area contributed by atoms with Gasteiger partial charge in [0.1, 0.15) is 0 Å². The van der Waals surface area contributed by atoms with Gasteiger partial charge in [-0.3, -0.25) is 0 Å². The average molecular weight is 246 g/mol. The van der Waals surface area contributed by atoms with E-state index in [2.05, 4.69) is 35.4 Å². The van der Waals surface area contributed by atoms with Crippen molar-refractivity contribution in [2.75, 3.05) is 13.1 Å². The van der Waals surface area contributed by atoms with E-state index in [1.807, 2.05) is 0 Å². The van der Waals surface area contributed by atoms with Crippen LogP contribution in [0.1, 0.15) is 23.4 Å². The highest BCUT2D eigenvalue weighted by atomic mass is 32.1. The van der Waals surface area contributed by atoms with Crippen molar-refractivity contribution in [2.24, 2.45) is 5.92 Å².